The van der Waals surface area contributed by atoms with Gasteiger partial charge in [0.25, 0.3) is 0 Å². The molecule has 0 radical (unpaired) electrons. The number of amidine groups is 1. The molecular formula is C14H16N4. The van der Waals surface area contributed by atoms with Crippen LogP contribution in [0.25, 0.3) is 0 Å². The van der Waals surface area contributed by atoms with Gasteiger partial charge in [-0.2, -0.15) is 0 Å². The fraction of sp³-hybridized carbons (Fsp3) is 0.143. The highest BCUT2D eigenvalue weighted by Crippen LogP contribution is 2.18. The van der Waals surface area contributed by atoms with E-state index in [1.807, 2.05) is 26.0 Å². The molecule has 4 nitrogen and oxygen atoms in total. The number of hydrogen-bond donors (Lipinski definition) is 2. The summed E-state index contributed by atoms with van der Waals surface area (Å²) in [6, 6.07) is 9.55. The van der Waals surface area contributed by atoms with Crippen LogP contribution in [0.1, 0.15) is 16.8 Å². The van der Waals surface area contributed by atoms with Gasteiger partial charge in [-0.15, -0.1) is 0 Å². The zero-order valence-corrected chi connectivity index (χ0v) is 10.5. The van der Waals surface area contributed by atoms with Gasteiger partial charge in [0.05, 0.1) is 11.4 Å². The molecule has 2 rings (SSSR count). The Kier molecular flexibility index (Phi) is 3.28. The smallest absolute Gasteiger partial charge is 0.152 e. The summed E-state index contributed by atoms with van der Waals surface area (Å²) in [5.74, 6) is 0.332. The topological polar surface area (TPSA) is 77.3 Å². The molecule has 18 heavy (non-hydrogen) atoms. The van der Waals surface area contributed by atoms with E-state index in [0.29, 0.717) is 17.2 Å². The maximum Gasteiger partial charge on any atom is 0.152 e. The van der Waals surface area contributed by atoms with Gasteiger partial charge in [0.15, 0.2) is 5.84 Å². The van der Waals surface area contributed by atoms with Crippen molar-refractivity contribution in [3.8, 4) is 0 Å². The first-order valence-electron chi connectivity index (χ1n) is 5.69. The molecule has 0 spiro atoms. The van der Waals surface area contributed by atoms with E-state index in [1.165, 1.54) is 0 Å². The van der Waals surface area contributed by atoms with E-state index in [1.54, 1.807) is 18.3 Å². The number of nitrogens with two attached hydrogens (primary N) is 2. The number of pyridine rings is 1. The van der Waals surface area contributed by atoms with Crippen molar-refractivity contribution in [2.75, 3.05) is 5.73 Å². The number of aromatic nitrogens is 1. The SMILES string of the molecule is Cc1cc(C)cc(N=C(N)c2ncccc2N)c1. The Bertz CT molecular complexity index is 582. The Labute approximate surface area is 106 Å². The molecule has 0 unspecified atom stereocenters. The first-order valence-corrected chi connectivity index (χ1v) is 5.69. The van der Waals surface area contributed by atoms with E-state index in [-0.39, 0.29) is 0 Å². The monoisotopic (exact) mass is 240 g/mol. The predicted molar refractivity (Wildman–Crippen MR) is 74.9 cm³/mol. The zero-order valence-electron chi connectivity index (χ0n) is 10.5. The van der Waals surface area contributed by atoms with Crippen LogP contribution in [0.4, 0.5) is 11.4 Å². The van der Waals surface area contributed by atoms with E-state index in [2.05, 4.69) is 16.0 Å². The number of rotatable bonds is 2. The van der Waals surface area contributed by atoms with Crippen molar-refractivity contribution in [2.45, 2.75) is 13.8 Å². The van der Waals surface area contributed by atoms with E-state index < -0.39 is 0 Å². The molecule has 0 aliphatic heterocycles. The van der Waals surface area contributed by atoms with Crippen LogP contribution in [0, 0.1) is 13.8 Å². The number of aryl methyl sites for hydroxylation is 2. The molecule has 92 valence electrons. The van der Waals surface area contributed by atoms with E-state index in [4.69, 9.17) is 11.5 Å². The minimum atomic E-state index is 0.332. The number of anilines is 1. The molecule has 2 aromatic rings. The highest BCUT2D eigenvalue weighted by Gasteiger charge is 2.04. The number of aliphatic imine (C=N–C) groups is 1. The summed E-state index contributed by atoms with van der Waals surface area (Å²) >= 11 is 0. The van der Waals surface area contributed by atoms with Crippen molar-refractivity contribution in [2.24, 2.45) is 10.7 Å². The number of benzene rings is 1. The lowest BCUT2D eigenvalue weighted by atomic mass is 10.1. The van der Waals surface area contributed by atoms with E-state index in [9.17, 15) is 0 Å². The van der Waals surface area contributed by atoms with Crippen molar-refractivity contribution in [1.82, 2.24) is 4.98 Å². The van der Waals surface area contributed by atoms with Gasteiger partial charge in [0, 0.05) is 6.20 Å². The number of nitrogen functional groups attached to an aromatic ring is 1. The molecule has 0 atom stereocenters. The Morgan fingerprint density at radius 2 is 1.83 bits per heavy atom. The lowest BCUT2D eigenvalue weighted by Crippen LogP contribution is -2.16. The molecule has 1 heterocycles. The fourth-order valence-corrected chi connectivity index (χ4v) is 1.84. The zero-order chi connectivity index (χ0) is 13.1. The summed E-state index contributed by atoms with van der Waals surface area (Å²) in [6.07, 6.45) is 1.65. The van der Waals surface area contributed by atoms with Crippen molar-refractivity contribution in [3.63, 3.8) is 0 Å². The van der Waals surface area contributed by atoms with Crippen molar-refractivity contribution < 1.29 is 0 Å². The second-order valence-electron chi connectivity index (χ2n) is 4.28. The summed E-state index contributed by atoms with van der Waals surface area (Å²) in [5.41, 5.74) is 15.9. The first kappa shape index (κ1) is 12.1. The molecule has 0 aliphatic rings. The highest BCUT2D eigenvalue weighted by atomic mass is 14.9. The van der Waals surface area contributed by atoms with Gasteiger partial charge in [-0.3, -0.25) is 4.98 Å². The largest absolute Gasteiger partial charge is 0.397 e. The summed E-state index contributed by atoms with van der Waals surface area (Å²) in [5, 5.41) is 0. The molecule has 4 heteroatoms. The Balaban J connectivity index is 2.42. The Morgan fingerprint density at radius 1 is 1.17 bits per heavy atom. The van der Waals surface area contributed by atoms with Crippen LogP contribution < -0.4 is 11.5 Å². The second kappa shape index (κ2) is 4.87. The molecule has 1 aromatic heterocycles. The second-order valence-corrected chi connectivity index (χ2v) is 4.28. The van der Waals surface area contributed by atoms with Crippen molar-refractivity contribution in [1.29, 1.82) is 0 Å². The van der Waals surface area contributed by atoms with Gasteiger partial charge in [0.2, 0.25) is 0 Å². The molecule has 0 saturated carbocycles. The van der Waals surface area contributed by atoms with Gasteiger partial charge >= 0.3 is 0 Å². The summed E-state index contributed by atoms with van der Waals surface area (Å²) in [7, 11) is 0. The normalized spacial score (nSPS) is 11.6. The first-order chi connectivity index (χ1) is 8.56. The van der Waals surface area contributed by atoms with Crippen LogP contribution in [0.2, 0.25) is 0 Å². The van der Waals surface area contributed by atoms with Crippen molar-refractivity contribution in [3.05, 3.63) is 53.3 Å². The van der Waals surface area contributed by atoms with Crippen LogP contribution in [-0.2, 0) is 0 Å². The number of hydrogen-bond acceptors (Lipinski definition) is 3. The predicted octanol–water partition coefficient (Wildman–Crippen LogP) is 2.32. The van der Waals surface area contributed by atoms with Crippen LogP contribution in [0.3, 0.4) is 0 Å². The Morgan fingerprint density at radius 3 is 2.44 bits per heavy atom. The molecule has 0 bridgehead atoms. The van der Waals surface area contributed by atoms with Gasteiger partial charge in [-0.1, -0.05) is 6.07 Å². The molecule has 4 N–H and O–H groups in total. The van der Waals surface area contributed by atoms with Gasteiger partial charge in [-0.25, -0.2) is 4.99 Å². The molecular weight excluding hydrogens is 224 g/mol. The highest BCUT2D eigenvalue weighted by molar-refractivity contribution is 6.01. The Hall–Kier alpha value is -2.36. The third-order valence-electron chi connectivity index (χ3n) is 2.54. The standard InChI is InChI=1S/C14H16N4/c1-9-6-10(2)8-11(7-9)18-14(16)13-12(15)4-3-5-17-13/h3-8H,15H2,1-2H3,(H2,16,18). The minimum absolute atomic E-state index is 0.332. The number of nitrogens with zero attached hydrogens (tertiary/aromatic N) is 2. The lowest BCUT2D eigenvalue weighted by molar-refractivity contribution is 1.27. The average Bonchev–Trinajstić information content (AvgIpc) is 2.27. The van der Waals surface area contributed by atoms with Crippen LogP contribution >= 0.6 is 0 Å². The lowest BCUT2D eigenvalue weighted by Gasteiger charge is -2.04. The van der Waals surface area contributed by atoms with Crippen LogP contribution in [0.5, 0.6) is 0 Å². The van der Waals surface area contributed by atoms with Crippen molar-refractivity contribution >= 4 is 17.2 Å². The fourth-order valence-electron chi connectivity index (χ4n) is 1.84. The summed E-state index contributed by atoms with van der Waals surface area (Å²) in [4.78, 5) is 8.50. The quantitative estimate of drug-likeness (QED) is 0.624. The minimum Gasteiger partial charge on any atom is -0.397 e. The van der Waals surface area contributed by atoms with E-state index >= 15 is 0 Å². The summed E-state index contributed by atoms with van der Waals surface area (Å²) in [6.45, 7) is 4.05. The third-order valence-corrected chi connectivity index (χ3v) is 2.54. The van der Waals surface area contributed by atoms with Gasteiger partial charge < -0.3 is 11.5 Å². The van der Waals surface area contributed by atoms with Crippen LogP contribution in [0.15, 0.2) is 41.5 Å². The van der Waals surface area contributed by atoms with Crippen LogP contribution in [-0.4, -0.2) is 10.8 Å². The maximum absolute atomic E-state index is 5.94. The van der Waals surface area contributed by atoms with Gasteiger partial charge in [0.1, 0.15) is 5.69 Å². The van der Waals surface area contributed by atoms with Gasteiger partial charge in [-0.05, 0) is 49.2 Å². The maximum atomic E-state index is 5.94. The third kappa shape index (κ3) is 2.66. The van der Waals surface area contributed by atoms with E-state index in [0.717, 1.165) is 16.8 Å². The molecule has 0 amide bonds. The molecule has 0 aliphatic carbocycles. The molecule has 0 saturated heterocycles. The molecule has 1 aromatic carbocycles. The average molecular weight is 240 g/mol. The summed E-state index contributed by atoms with van der Waals surface area (Å²) < 4.78 is 0. The molecule has 0 fully saturated rings.